The summed E-state index contributed by atoms with van der Waals surface area (Å²) in [7, 11) is 0. The summed E-state index contributed by atoms with van der Waals surface area (Å²) < 4.78 is 12.4. The monoisotopic (exact) mass is 367 g/mol. The van der Waals surface area contributed by atoms with E-state index in [4.69, 9.17) is 21.1 Å². The highest BCUT2D eigenvalue weighted by atomic mass is 35.5. The molecular weight excluding hydrogens is 346 g/mol. The van der Waals surface area contributed by atoms with Crippen LogP contribution in [0.1, 0.15) is 26.1 Å². The number of tetrazole rings is 1. The molecule has 1 aromatic heterocycles. The van der Waals surface area contributed by atoms with Gasteiger partial charge in [0.15, 0.2) is 5.82 Å². The van der Waals surface area contributed by atoms with E-state index in [9.17, 15) is 4.79 Å². The second-order valence-electron chi connectivity index (χ2n) is 5.59. The Morgan fingerprint density at radius 2 is 2.16 bits per heavy atom. The van der Waals surface area contributed by atoms with Crippen LogP contribution in [0.25, 0.3) is 0 Å². The Morgan fingerprint density at radius 1 is 1.36 bits per heavy atom. The van der Waals surface area contributed by atoms with E-state index in [0.717, 1.165) is 6.42 Å². The summed E-state index contributed by atoms with van der Waals surface area (Å²) >= 11 is 6.03. The van der Waals surface area contributed by atoms with E-state index in [-0.39, 0.29) is 25.2 Å². The van der Waals surface area contributed by atoms with Crippen molar-refractivity contribution in [2.24, 2.45) is 0 Å². The van der Waals surface area contributed by atoms with Crippen molar-refractivity contribution in [2.75, 3.05) is 13.2 Å². The topological polar surface area (TPSA) is 91.2 Å². The number of hydrogen-bond acceptors (Lipinski definition) is 6. The number of carbonyl (C=O) groups excluding carboxylic acids is 1. The average molecular weight is 368 g/mol. The fourth-order valence-corrected chi connectivity index (χ4v) is 2.15. The minimum absolute atomic E-state index is 0.0270. The molecule has 1 aromatic carbocycles. The number of nitrogens with zero attached hydrogens (tertiary/aromatic N) is 4. The first-order valence-electron chi connectivity index (χ1n) is 8.07. The second-order valence-corrected chi connectivity index (χ2v) is 6.00. The molecule has 0 aliphatic carbocycles. The van der Waals surface area contributed by atoms with Gasteiger partial charge >= 0.3 is 0 Å². The van der Waals surface area contributed by atoms with Crippen LogP contribution in [-0.4, -0.2) is 45.4 Å². The molecule has 2 rings (SSSR count). The third kappa shape index (κ3) is 6.67. The van der Waals surface area contributed by atoms with Crippen LogP contribution in [0.5, 0.6) is 5.75 Å². The Morgan fingerprint density at radius 3 is 2.92 bits per heavy atom. The third-order valence-corrected chi connectivity index (χ3v) is 3.50. The fraction of sp³-hybridized carbons (Fsp3) is 0.500. The maximum Gasteiger partial charge on any atom is 0.241 e. The zero-order valence-electron chi connectivity index (χ0n) is 14.3. The molecule has 1 N–H and O–H groups in total. The van der Waals surface area contributed by atoms with Gasteiger partial charge in [-0.15, -0.1) is 5.10 Å². The quantitative estimate of drug-likeness (QED) is 0.644. The van der Waals surface area contributed by atoms with Gasteiger partial charge in [-0.3, -0.25) is 4.79 Å². The largest absolute Gasteiger partial charge is 0.484 e. The molecule has 0 aliphatic rings. The standard InChI is InChI=1S/C16H22ClN5O3/c1-12(2)24-9-5-8-18-16(23)10-22-15(19-20-21-22)11-25-14-7-4-3-6-13(14)17/h3-4,6-7,12H,5,8-11H2,1-2H3,(H,18,23). The van der Waals surface area contributed by atoms with Gasteiger partial charge in [0.1, 0.15) is 18.9 Å². The second kappa shape index (κ2) is 9.95. The Bertz CT molecular complexity index is 677. The first-order chi connectivity index (χ1) is 12.1. The third-order valence-electron chi connectivity index (χ3n) is 3.19. The molecule has 0 aliphatic heterocycles. The highest BCUT2D eigenvalue weighted by Gasteiger charge is 2.11. The molecule has 0 fully saturated rings. The van der Waals surface area contributed by atoms with Gasteiger partial charge in [0, 0.05) is 13.2 Å². The van der Waals surface area contributed by atoms with Gasteiger partial charge in [0.25, 0.3) is 0 Å². The fourth-order valence-electron chi connectivity index (χ4n) is 1.96. The van der Waals surface area contributed by atoms with E-state index < -0.39 is 0 Å². The van der Waals surface area contributed by atoms with E-state index in [2.05, 4.69) is 20.8 Å². The molecule has 0 atom stereocenters. The van der Waals surface area contributed by atoms with Crippen LogP contribution in [0.2, 0.25) is 5.02 Å². The van der Waals surface area contributed by atoms with E-state index in [1.54, 1.807) is 12.1 Å². The number of hydrogen-bond donors (Lipinski definition) is 1. The maximum atomic E-state index is 12.0. The van der Waals surface area contributed by atoms with E-state index in [1.807, 2.05) is 26.0 Å². The van der Waals surface area contributed by atoms with Gasteiger partial charge in [-0.2, -0.15) is 0 Å². The number of para-hydroxylation sites is 1. The van der Waals surface area contributed by atoms with Crippen LogP contribution >= 0.6 is 11.6 Å². The Hall–Kier alpha value is -2.19. The minimum atomic E-state index is -0.171. The molecule has 0 saturated heterocycles. The number of benzene rings is 1. The maximum absolute atomic E-state index is 12.0. The van der Waals surface area contributed by atoms with Crippen LogP contribution < -0.4 is 10.1 Å². The highest BCUT2D eigenvalue weighted by molar-refractivity contribution is 6.32. The molecule has 0 bridgehead atoms. The van der Waals surface area contributed by atoms with Gasteiger partial charge in [-0.25, -0.2) is 4.68 Å². The molecule has 0 unspecified atom stereocenters. The van der Waals surface area contributed by atoms with Crippen LogP contribution in [0.3, 0.4) is 0 Å². The lowest BCUT2D eigenvalue weighted by Gasteiger charge is -2.09. The van der Waals surface area contributed by atoms with Crippen molar-refractivity contribution in [3.05, 3.63) is 35.1 Å². The summed E-state index contributed by atoms with van der Waals surface area (Å²) in [6.07, 6.45) is 0.944. The summed E-state index contributed by atoms with van der Waals surface area (Å²) in [6.45, 7) is 5.25. The van der Waals surface area contributed by atoms with Crippen molar-refractivity contribution in [1.82, 2.24) is 25.5 Å². The minimum Gasteiger partial charge on any atom is -0.484 e. The molecule has 25 heavy (non-hydrogen) atoms. The lowest BCUT2D eigenvalue weighted by Crippen LogP contribution is -2.30. The smallest absolute Gasteiger partial charge is 0.241 e. The number of nitrogens with one attached hydrogen (secondary N) is 1. The molecule has 8 nitrogen and oxygen atoms in total. The number of halogens is 1. The van der Waals surface area contributed by atoms with Crippen molar-refractivity contribution in [3.8, 4) is 5.75 Å². The lowest BCUT2D eigenvalue weighted by molar-refractivity contribution is -0.122. The summed E-state index contributed by atoms with van der Waals surface area (Å²) in [5.74, 6) is 0.808. The molecule has 0 spiro atoms. The van der Waals surface area contributed by atoms with Gasteiger partial charge in [-0.1, -0.05) is 23.7 Å². The van der Waals surface area contributed by atoms with Crippen molar-refractivity contribution < 1.29 is 14.3 Å². The van der Waals surface area contributed by atoms with Gasteiger partial charge in [0.05, 0.1) is 11.1 Å². The van der Waals surface area contributed by atoms with Crippen molar-refractivity contribution in [3.63, 3.8) is 0 Å². The van der Waals surface area contributed by atoms with Crippen molar-refractivity contribution >= 4 is 17.5 Å². The zero-order valence-corrected chi connectivity index (χ0v) is 15.1. The predicted molar refractivity (Wildman–Crippen MR) is 92.3 cm³/mol. The van der Waals surface area contributed by atoms with Crippen LogP contribution in [0.15, 0.2) is 24.3 Å². The van der Waals surface area contributed by atoms with E-state index in [0.29, 0.717) is 29.7 Å². The summed E-state index contributed by atoms with van der Waals surface area (Å²) in [5, 5.41) is 14.6. The molecule has 2 aromatic rings. The summed E-state index contributed by atoms with van der Waals surface area (Å²) in [6, 6.07) is 7.12. The first kappa shape index (κ1) is 19.1. The molecule has 1 heterocycles. The molecular formula is C16H22ClN5O3. The Labute approximate surface area is 151 Å². The SMILES string of the molecule is CC(C)OCCCNC(=O)Cn1nnnc1COc1ccccc1Cl. The van der Waals surface area contributed by atoms with Gasteiger partial charge in [0.2, 0.25) is 5.91 Å². The number of rotatable bonds is 10. The number of amides is 1. The van der Waals surface area contributed by atoms with Crippen molar-refractivity contribution in [1.29, 1.82) is 0 Å². The lowest BCUT2D eigenvalue weighted by atomic mass is 10.3. The zero-order chi connectivity index (χ0) is 18.1. The number of carbonyl (C=O) groups is 1. The Balaban J connectivity index is 1.77. The predicted octanol–water partition coefficient (Wildman–Crippen LogP) is 1.84. The van der Waals surface area contributed by atoms with Crippen LogP contribution in [-0.2, 0) is 22.7 Å². The van der Waals surface area contributed by atoms with Crippen LogP contribution in [0.4, 0.5) is 0 Å². The molecule has 1 amide bonds. The number of aromatic nitrogens is 4. The first-order valence-corrected chi connectivity index (χ1v) is 8.44. The van der Waals surface area contributed by atoms with Crippen molar-refractivity contribution in [2.45, 2.75) is 39.5 Å². The molecule has 0 radical (unpaired) electrons. The average Bonchev–Trinajstić information content (AvgIpc) is 3.00. The molecule has 0 saturated carbocycles. The molecule has 136 valence electrons. The number of ether oxygens (including phenoxy) is 2. The highest BCUT2D eigenvalue weighted by Crippen LogP contribution is 2.23. The Kier molecular flexibility index (Phi) is 7.62. The summed E-state index contributed by atoms with van der Waals surface area (Å²) in [5.41, 5.74) is 0. The normalized spacial score (nSPS) is 10.9. The van der Waals surface area contributed by atoms with E-state index >= 15 is 0 Å². The summed E-state index contributed by atoms with van der Waals surface area (Å²) in [4.78, 5) is 12.0. The van der Waals surface area contributed by atoms with Gasteiger partial charge in [-0.05, 0) is 42.8 Å². The van der Waals surface area contributed by atoms with Gasteiger partial charge < -0.3 is 14.8 Å². The van der Waals surface area contributed by atoms with Crippen LogP contribution in [0, 0.1) is 0 Å². The van der Waals surface area contributed by atoms with E-state index in [1.165, 1.54) is 4.68 Å². The molecule has 9 heteroatoms.